The van der Waals surface area contributed by atoms with Crippen molar-refractivity contribution in [3.05, 3.63) is 0 Å². The van der Waals surface area contributed by atoms with Crippen LogP contribution in [0.4, 0.5) is 0 Å². The van der Waals surface area contributed by atoms with Crippen molar-refractivity contribution in [3.8, 4) is 0 Å². The van der Waals surface area contributed by atoms with Crippen molar-refractivity contribution >= 4 is 29.0 Å². The number of ketones is 1. The van der Waals surface area contributed by atoms with Crippen molar-refractivity contribution in [3.63, 3.8) is 0 Å². The Hall–Kier alpha value is 0.210. The highest BCUT2D eigenvalue weighted by Crippen LogP contribution is 2.25. The number of carbonyl (C=O) groups is 1. The molecule has 0 saturated carbocycles. The van der Waals surface area contributed by atoms with E-state index in [-0.39, 0.29) is 12.4 Å². The number of alkyl halides is 2. The van der Waals surface area contributed by atoms with E-state index in [0.29, 0.717) is 12.8 Å². The van der Waals surface area contributed by atoms with Gasteiger partial charge in [0.1, 0.15) is 10.1 Å². The van der Waals surface area contributed by atoms with Gasteiger partial charge in [0.2, 0.25) is 0 Å². The zero-order valence-electron chi connectivity index (χ0n) is 5.73. The van der Waals surface area contributed by atoms with Crippen LogP contribution >= 0.6 is 23.2 Å². The highest BCUT2D eigenvalue weighted by Gasteiger charge is 2.22. The summed E-state index contributed by atoms with van der Waals surface area (Å²) in [7, 11) is 0. The van der Waals surface area contributed by atoms with Crippen molar-refractivity contribution in [1.29, 1.82) is 0 Å². The molecular formula is C6H10Cl2O2. The van der Waals surface area contributed by atoms with Gasteiger partial charge in [0.05, 0.1) is 6.61 Å². The van der Waals surface area contributed by atoms with E-state index in [1.54, 1.807) is 0 Å². The van der Waals surface area contributed by atoms with Crippen molar-refractivity contribution in [2.45, 2.75) is 24.1 Å². The summed E-state index contributed by atoms with van der Waals surface area (Å²) in [5.41, 5.74) is 0. The van der Waals surface area contributed by atoms with E-state index in [1.165, 1.54) is 6.92 Å². The summed E-state index contributed by atoms with van der Waals surface area (Å²) in [5.74, 6) is 0.0270. The van der Waals surface area contributed by atoms with Gasteiger partial charge in [-0.2, -0.15) is 0 Å². The molecule has 0 fully saturated rings. The van der Waals surface area contributed by atoms with Gasteiger partial charge in [0.25, 0.3) is 0 Å². The third kappa shape index (κ3) is 5.03. The molecule has 0 spiro atoms. The SMILES string of the molecule is CC(=O)CCC(Cl)(Cl)CO. The third-order valence-corrected chi connectivity index (χ3v) is 1.69. The van der Waals surface area contributed by atoms with Crippen LogP contribution in [-0.4, -0.2) is 21.8 Å². The van der Waals surface area contributed by atoms with Crippen LogP contribution in [0.25, 0.3) is 0 Å². The normalized spacial score (nSPS) is 11.6. The largest absolute Gasteiger partial charge is 0.393 e. The molecule has 1 N–H and O–H groups in total. The minimum atomic E-state index is -1.15. The Morgan fingerprint density at radius 2 is 2.10 bits per heavy atom. The fourth-order valence-corrected chi connectivity index (χ4v) is 0.627. The smallest absolute Gasteiger partial charge is 0.141 e. The average molecular weight is 185 g/mol. The maximum atomic E-state index is 10.4. The first-order valence-electron chi connectivity index (χ1n) is 2.96. The van der Waals surface area contributed by atoms with Gasteiger partial charge in [-0.3, -0.25) is 0 Å². The Morgan fingerprint density at radius 1 is 1.60 bits per heavy atom. The van der Waals surface area contributed by atoms with E-state index in [1.807, 2.05) is 0 Å². The van der Waals surface area contributed by atoms with Gasteiger partial charge in [0, 0.05) is 6.42 Å². The van der Waals surface area contributed by atoms with Crippen molar-refractivity contribution in [1.82, 2.24) is 0 Å². The maximum Gasteiger partial charge on any atom is 0.141 e. The van der Waals surface area contributed by atoms with E-state index in [4.69, 9.17) is 28.3 Å². The van der Waals surface area contributed by atoms with Gasteiger partial charge in [0.15, 0.2) is 0 Å². The molecule has 2 nitrogen and oxygen atoms in total. The van der Waals surface area contributed by atoms with Gasteiger partial charge in [-0.25, -0.2) is 0 Å². The number of aliphatic hydroxyl groups excluding tert-OH is 1. The summed E-state index contributed by atoms with van der Waals surface area (Å²) >= 11 is 11.1. The molecule has 0 aromatic carbocycles. The molecule has 0 bridgehead atoms. The first kappa shape index (κ1) is 10.2. The quantitative estimate of drug-likeness (QED) is 0.674. The predicted octanol–water partition coefficient (Wildman–Crippen LogP) is 1.52. The maximum absolute atomic E-state index is 10.4. The number of hydrogen-bond donors (Lipinski definition) is 1. The van der Waals surface area contributed by atoms with Gasteiger partial charge in [-0.05, 0) is 13.3 Å². The standard InChI is InChI=1S/C6H10Cl2O2/c1-5(10)2-3-6(7,8)4-9/h9H,2-4H2,1H3. The first-order valence-corrected chi connectivity index (χ1v) is 3.71. The highest BCUT2D eigenvalue weighted by molar-refractivity contribution is 6.48. The summed E-state index contributed by atoms with van der Waals surface area (Å²) in [6, 6.07) is 0. The van der Waals surface area contributed by atoms with E-state index in [9.17, 15) is 4.79 Å². The molecule has 0 saturated heterocycles. The monoisotopic (exact) mass is 184 g/mol. The minimum Gasteiger partial charge on any atom is -0.393 e. The zero-order valence-corrected chi connectivity index (χ0v) is 7.24. The lowest BCUT2D eigenvalue weighted by molar-refractivity contribution is -0.117. The lowest BCUT2D eigenvalue weighted by Gasteiger charge is -2.14. The lowest BCUT2D eigenvalue weighted by atomic mass is 10.2. The molecule has 0 aliphatic carbocycles. The van der Waals surface area contributed by atoms with Crippen LogP contribution in [0.15, 0.2) is 0 Å². The third-order valence-electron chi connectivity index (χ3n) is 1.07. The molecular weight excluding hydrogens is 175 g/mol. The van der Waals surface area contributed by atoms with Gasteiger partial charge < -0.3 is 9.90 Å². The molecule has 0 rings (SSSR count). The molecule has 4 heteroatoms. The summed E-state index contributed by atoms with van der Waals surface area (Å²) < 4.78 is -1.15. The fraction of sp³-hybridized carbons (Fsp3) is 0.833. The second-order valence-corrected chi connectivity index (χ2v) is 3.86. The summed E-state index contributed by atoms with van der Waals surface area (Å²) in [6.45, 7) is 1.14. The summed E-state index contributed by atoms with van der Waals surface area (Å²) in [5, 5.41) is 8.53. The molecule has 0 radical (unpaired) electrons. The predicted molar refractivity (Wildman–Crippen MR) is 41.4 cm³/mol. The number of hydrogen-bond acceptors (Lipinski definition) is 2. The van der Waals surface area contributed by atoms with Crippen molar-refractivity contribution in [2.75, 3.05) is 6.61 Å². The number of rotatable bonds is 4. The van der Waals surface area contributed by atoms with Crippen LogP contribution in [0.1, 0.15) is 19.8 Å². The molecule has 0 aliphatic rings. The molecule has 0 heterocycles. The molecule has 0 atom stereocenters. The molecule has 0 aromatic rings. The number of carbonyl (C=O) groups excluding carboxylic acids is 1. The van der Waals surface area contributed by atoms with Crippen LogP contribution in [-0.2, 0) is 4.79 Å². The van der Waals surface area contributed by atoms with Crippen LogP contribution in [0.5, 0.6) is 0 Å². The molecule has 0 aliphatic heterocycles. The van der Waals surface area contributed by atoms with Gasteiger partial charge in [-0.15, -0.1) is 0 Å². The topological polar surface area (TPSA) is 37.3 Å². The molecule has 0 aromatic heterocycles. The molecule has 0 amide bonds. The first-order chi connectivity index (χ1) is 4.48. The Labute approximate surface area is 70.1 Å². The van der Waals surface area contributed by atoms with E-state index in [0.717, 1.165) is 0 Å². The van der Waals surface area contributed by atoms with Crippen molar-refractivity contribution < 1.29 is 9.90 Å². The molecule has 0 unspecified atom stereocenters. The zero-order chi connectivity index (χ0) is 8.20. The Kier molecular flexibility index (Phi) is 4.25. The Bertz CT molecular complexity index is 123. The number of aliphatic hydroxyl groups is 1. The average Bonchev–Trinajstić information content (AvgIpc) is 1.85. The van der Waals surface area contributed by atoms with Crippen LogP contribution in [0, 0.1) is 0 Å². The highest BCUT2D eigenvalue weighted by atomic mass is 35.5. The molecule has 10 heavy (non-hydrogen) atoms. The second kappa shape index (κ2) is 4.16. The summed E-state index contributed by atoms with van der Waals surface area (Å²) in [4.78, 5) is 10.4. The second-order valence-electron chi connectivity index (χ2n) is 2.22. The fourth-order valence-electron chi connectivity index (χ4n) is 0.438. The van der Waals surface area contributed by atoms with E-state index in [2.05, 4.69) is 0 Å². The lowest BCUT2D eigenvalue weighted by Crippen LogP contribution is -2.18. The molecule has 60 valence electrons. The van der Waals surface area contributed by atoms with Crippen molar-refractivity contribution in [2.24, 2.45) is 0 Å². The van der Waals surface area contributed by atoms with E-state index >= 15 is 0 Å². The number of halogens is 2. The van der Waals surface area contributed by atoms with E-state index < -0.39 is 4.33 Å². The Balaban J connectivity index is 3.56. The minimum absolute atomic E-state index is 0.0270. The Morgan fingerprint density at radius 3 is 2.40 bits per heavy atom. The van der Waals surface area contributed by atoms with Gasteiger partial charge >= 0.3 is 0 Å². The number of Topliss-reactive ketones (excluding diaryl/α,β-unsaturated/α-hetero) is 1. The summed E-state index contributed by atoms with van der Waals surface area (Å²) in [6.07, 6.45) is 0.621. The van der Waals surface area contributed by atoms with Crippen LogP contribution < -0.4 is 0 Å². The van der Waals surface area contributed by atoms with Crippen LogP contribution in [0.3, 0.4) is 0 Å². The van der Waals surface area contributed by atoms with Gasteiger partial charge in [-0.1, -0.05) is 23.2 Å². The van der Waals surface area contributed by atoms with Crippen LogP contribution in [0.2, 0.25) is 0 Å².